The summed E-state index contributed by atoms with van der Waals surface area (Å²) in [7, 11) is 0. The molecule has 2 aliphatic rings. The normalized spacial score (nSPS) is 21.8. The summed E-state index contributed by atoms with van der Waals surface area (Å²) in [5, 5.41) is 1.33. The molecule has 1 saturated carbocycles. The molecule has 2 heteroatoms. The van der Waals surface area contributed by atoms with Gasteiger partial charge in [-0.25, -0.2) is 0 Å². The molecule has 0 amide bonds. The van der Waals surface area contributed by atoms with E-state index < -0.39 is 0 Å². The maximum absolute atomic E-state index is 5.73. The minimum Gasteiger partial charge on any atom is -0.464 e. The number of benzene rings is 1. The van der Waals surface area contributed by atoms with Crippen molar-refractivity contribution in [2.75, 3.05) is 19.6 Å². The zero-order chi connectivity index (χ0) is 14.8. The van der Waals surface area contributed by atoms with Crippen molar-refractivity contribution >= 4 is 11.0 Å². The highest BCUT2D eigenvalue weighted by Crippen LogP contribution is 2.35. The number of furan rings is 1. The van der Waals surface area contributed by atoms with Crippen molar-refractivity contribution in [1.82, 2.24) is 4.90 Å². The molecule has 2 heterocycles. The van der Waals surface area contributed by atoms with Gasteiger partial charge < -0.3 is 9.32 Å². The van der Waals surface area contributed by atoms with Crippen molar-refractivity contribution in [1.29, 1.82) is 0 Å². The van der Waals surface area contributed by atoms with Crippen LogP contribution in [0.1, 0.15) is 56.4 Å². The number of hydrogen-bond acceptors (Lipinski definition) is 2. The molecule has 1 aromatic carbocycles. The average Bonchev–Trinajstić information content (AvgIpc) is 3.23. The standard InChI is InChI=1S/C20H27NO/c1-2-6-16(5-1)9-12-21-13-10-17(11-14-21)19-15-22-20-8-4-3-7-18(19)20/h3-4,7-8,15-17H,1-2,5-6,9-14H2. The Morgan fingerprint density at radius 1 is 1.00 bits per heavy atom. The zero-order valence-electron chi connectivity index (χ0n) is 13.5. The van der Waals surface area contributed by atoms with Gasteiger partial charge in [-0.1, -0.05) is 43.9 Å². The van der Waals surface area contributed by atoms with E-state index in [4.69, 9.17) is 4.42 Å². The van der Waals surface area contributed by atoms with Crippen LogP contribution in [0.25, 0.3) is 11.0 Å². The van der Waals surface area contributed by atoms with Gasteiger partial charge in [-0.2, -0.15) is 0 Å². The first-order valence-electron chi connectivity index (χ1n) is 9.08. The average molecular weight is 297 g/mol. The third kappa shape index (κ3) is 2.94. The summed E-state index contributed by atoms with van der Waals surface area (Å²) in [6.07, 6.45) is 11.9. The summed E-state index contributed by atoms with van der Waals surface area (Å²) >= 11 is 0. The molecular formula is C20H27NO. The molecule has 2 nitrogen and oxygen atoms in total. The van der Waals surface area contributed by atoms with Gasteiger partial charge in [-0.05, 0) is 56.8 Å². The second kappa shape index (κ2) is 6.45. The van der Waals surface area contributed by atoms with E-state index >= 15 is 0 Å². The van der Waals surface area contributed by atoms with Crippen LogP contribution in [0.5, 0.6) is 0 Å². The zero-order valence-corrected chi connectivity index (χ0v) is 13.5. The fourth-order valence-corrected chi connectivity index (χ4v) is 4.45. The lowest BCUT2D eigenvalue weighted by Gasteiger charge is -2.32. The van der Waals surface area contributed by atoms with Gasteiger partial charge in [0.1, 0.15) is 5.58 Å². The van der Waals surface area contributed by atoms with E-state index in [2.05, 4.69) is 29.2 Å². The molecule has 0 spiro atoms. The Morgan fingerprint density at radius 3 is 2.59 bits per heavy atom. The van der Waals surface area contributed by atoms with Crippen LogP contribution in [0, 0.1) is 5.92 Å². The Hall–Kier alpha value is -1.28. The van der Waals surface area contributed by atoms with Crippen molar-refractivity contribution in [3.05, 3.63) is 36.1 Å². The topological polar surface area (TPSA) is 16.4 Å². The Labute approximate surface area is 133 Å². The minimum absolute atomic E-state index is 0.686. The van der Waals surface area contributed by atoms with E-state index in [-0.39, 0.29) is 0 Å². The molecule has 4 rings (SSSR count). The van der Waals surface area contributed by atoms with Gasteiger partial charge in [0.25, 0.3) is 0 Å². The van der Waals surface area contributed by atoms with Crippen LogP contribution in [0.15, 0.2) is 34.9 Å². The predicted molar refractivity (Wildman–Crippen MR) is 91.2 cm³/mol. The number of rotatable bonds is 4. The summed E-state index contributed by atoms with van der Waals surface area (Å²) < 4.78 is 5.73. The van der Waals surface area contributed by atoms with Gasteiger partial charge in [0.15, 0.2) is 0 Å². The highest BCUT2D eigenvalue weighted by Gasteiger charge is 2.24. The first-order chi connectivity index (χ1) is 10.9. The highest BCUT2D eigenvalue weighted by molar-refractivity contribution is 5.81. The summed E-state index contributed by atoms with van der Waals surface area (Å²) in [6.45, 7) is 3.84. The number of para-hydroxylation sites is 1. The van der Waals surface area contributed by atoms with E-state index in [9.17, 15) is 0 Å². The van der Waals surface area contributed by atoms with E-state index in [1.807, 2.05) is 6.26 Å². The van der Waals surface area contributed by atoms with Crippen molar-refractivity contribution in [2.24, 2.45) is 5.92 Å². The van der Waals surface area contributed by atoms with Gasteiger partial charge in [-0.15, -0.1) is 0 Å². The maximum atomic E-state index is 5.73. The maximum Gasteiger partial charge on any atom is 0.134 e. The van der Waals surface area contributed by atoms with Crippen molar-refractivity contribution in [2.45, 2.75) is 50.9 Å². The predicted octanol–water partition coefficient (Wildman–Crippen LogP) is 5.19. The second-order valence-corrected chi connectivity index (χ2v) is 7.24. The van der Waals surface area contributed by atoms with Crippen LogP contribution in [-0.2, 0) is 0 Å². The molecule has 1 aliphatic heterocycles. The van der Waals surface area contributed by atoms with Crippen LogP contribution < -0.4 is 0 Å². The van der Waals surface area contributed by atoms with E-state index in [0.717, 1.165) is 11.5 Å². The molecule has 0 N–H and O–H groups in total. The molecule has 2 fully saturated rings. The summed E-state index contributed by atoms with van der Waals surface area (Å²) in [6, 6.07) is 8.47. The van der Waals surface area contributed by atoms with Crippen LogP contribution in [-0.4, -0.2) is 24.5 Å². The lowest BCUT2D eigenvalue weighted by Crippen LogP contribution is -2.34. The molecule has 1 saturated heterocycles. The SMILES string of the molecule is c1ccc2c(C3CCN(CCC4CCCC4)CC3)coc2c1. The first-order valence-corrected chi connectivity index (χ1v) is 9.08. The van der Waals surface area contributed by atoms with Crippen molar-refractivity contribution < 1.29 is 4.42 Å². The van der Waals surface area contributed by atoms with E-state index in [1.165, 1.54) is 75.5 Å². The van der Waals surface area contributed by atoms with Gasteiger partial charge in [-0.3, -0.25) is 0 Å². The lowest BCUT2D eigenvalue weighted by atomic mass is 9.89. The van der Waals surface area contributed by atoms with E-state index in [0.29, 0.717) is 5.92 Å². The van der Waals surface area contributed by atoms with Crippen LogP contribution in [0.2, 0.25) is 0 Å². The minimum atomic E-state index is 0.686. The molecule has 0 unspecified atom stereocenters. The van der Waals surface area contributed by atoms with Crippen LogP contribution in [0.3, 0.4) is 0 Å². The number of fused-ring (bicyclic) bond motifs is 1. The molecule has 0 atom stereocenters. The molecular weight excluding hydrogens is 270 g/mol. The van der Waals surface area contributed by atoms with Crippen LogP contribution in [0.4, 0.5) is 0 Å². The molecule has 1 aliphatic carbocycles. The number of nitrogens with zero attached hydrogens (tertiary/aromatic N) is 1. The smallest absolute Gasteiger partial charge is 0.134 e. The summed E-state index contributed by atoms with van der Waals surface area (Å²) in [5.41, 5.74) is 2.48. The Balaban J connectivity index is 1.33. The number of hydrogen-bond donors (Lipinski definition) is 0. The monoisotopic (exact) mass is 297 g/mol. The van der Waals surface area contributed by atoms with Gasteiger partial charge in [0.05, 0.1) is 6.26 Å². The van der Waals surface area contributed by atoms with Crippen molar-refractivity contribution in [3.63, 3.8) is 0 Å². The molecule has 0 radical (unpaired) electrons. The number of likely N-dealkylation sites (tertiary alicyclic amines) is 1. The Bertz CT molecular complexity index is 603. The highest BCUT2D eigenvalue weighted by atomic mass is 16.3. The molecule has 1 aromatic heterocycles. The van der Waals surface area contributed by atoms with Gasteiger partial charge in [0.2, 0.25) is 0 Å². The first kappa shape index (κ1) is 14.3. The van der Waals surface area contributed by atoms with Crippen LogP contribution >= 0.6 is 0 Å². The second-order valence-electron chi connectivity index (χ2n) is 7.24. The Kier molecular flexibility index (Phi) is 4.20. The number of piperidine rings is 1. The van der Waals surface area contributed by atoms with Gasteiger partial charge >= 0.3 is 0 Å². The fourth-order valence-electron chi connectivity index (χ4n) is 4.45. The molecule has 2 aromatic rings. The third-order valence-corrected chi connectivity index (χ3v) is 5.87. The summed E-state index contributed by atoms with van der Waals surface area (Å²) in [4.78, 5) is 2.69. The lowest BCUT2D eigenvalue weighted by molar-refractivity contribution is 0.199. The Morgan fingerprint density at radius 2 is 1.77 bits per heavy atom. The third-order valence-electron chi connectivity index (χ3n) is 5.87. The van der Waals surface area contributed by atoms with Gasteiger partial charge in [0, 0.05) is 10.9 Å². The quantitative estimate of drug-likeness (QED) is 0.772. The molecule has 118 valence electrons. The molecule has 0 bridgehead atoms. The molecule has 22 heavy (non-hydrogen) atoms. The largest absolute Gasteiger partial charge is 0.464 e. The summed E-state index contributed by atoms with van der Waals surface area (Å²) in [5.74, 6) is 1.71. The fraction of sp³-hybridized carbons (Fsp3) is 0.600. The van der Waals surface area contributed by atoms with Crippen molar-refractivity contribution in [3.8, 4) is 0 Å². The van der Waals surface area contributed by atoms with E-state index in [1.54, 1.807) is 0 Å².